The van der Waals surface area contributed by atoms with Gasteiger partial charge in [-0.05, 0) is 131 Å². The van der Waals surface area contributed by atoms with Crippen LogP contribution in [-0.4, -0.2) is 47.8 Å². The Hall–Kier alpha value is -3.95. The SMILES string of the molecule is CCCCCCCCCCCCCCCCn1c(/C=C/c2cc(OCCCCCCCC)c(Br)cc2OCCCCCCCC)ccc1C1=C([O-])/C(=C2\C=CC(/C=C/c3cc(OCCCCCCCC)c(Br)cc3OCCCCCCCC)=[N+]2CCCCCCCCCCCCCCCC)C1. The molecule has 1 aromatic heterocycles. The molecule has 0 atom stereocenters. The topological polar surface area (TPSA) is 67.9 Å². The van der Waals surface area contributed by atoms with Crippen molar-refractivity contribution in [2.24, 2.45) is 0 Å². The van der Waals surface area contributed by atoms with E-state index in [9.17, 15) is 0 Å². The third-order valence-electron chi connectivity index (χ3n) is 21.0. The van der Waals surface area contributed by atoms with E-state index in [0.717, 1.165) is 129 Å². The minimum absolute atomic E-state index is 0.188. The number of aromatic nitrogens is 1. The molecule has 0 spiro atoms. The summed E-state index contributed by atoms with van der Waals surface area (Å²) >= 11 is 7.79. The summed E-state index contributed by atoms with van der Waals surface area (Å²) in [6, 6.07) is 13.1. The van der Waals surface area contributed by atoms with Gasteiger partial charge in [0.15, 0.2) is 0 Å². The van der Waals surface area contributed by atoms with E-state index in [0.29, 0.717) is 32.8 Å². The Kier molecular flexibility index (Phi) is 50.6. The summed E-state index contributed by atoms with van der Waals surface area (Å²) in [7, 11) is 0. The third kappa shape index (κ3) is 36.7. The molecule has 101 heavy (non-hydrogen) atoms. The lowest BCUT2D eigenvalue weighted by Gasteiger charge is -2.33. The summed E-state index contributed by atoms with van der Waals surface area (Å²) in [5.74, 6) is 3.66. The second-order valence-electron chi connectivity index (χ2n) is 30.0. The summed E-state index contributed by atoms with van der Waals surface area (Å²) in [6.45, 7) is 18.2. The third-order valence-corrected chi connectivity index (χ3v) is 22.3. The molecule has 0 saturated heterocycles. The van der Waals surface area contributed by atoms with Crippen molar-refractivity contribution in [1.82, 2.24) is 4.57 Å². The van der Waals surface area contributed by atoms with Crippen molar-refractivity contribution in [3.05, 3.63) is 103 Å². The van der Waals surface area contributed by atoms with Crippen molar-refractivity contribution < 1.29 is 28.6 Å². The van der Waals surface area contributed by atoms with Crippen LogP contribution in [0.3, 0.4) is 0 Å². The summed E-state index contributed by atoms with van der Waals surface area (Å²) < 4.78 is 33.1. The van der Waals surface area contributed by atoms with Crippen molar-refractivity contribution in [1.29, 1.82) is 0 Å². The lowest BCUT2D eigenvalue weighted by Crippen LogP contribution is -2.25. The fourth-order valence-electron chi connectivity index (χ4n) is 14.5. The van der Waals surface area contributed by atoms with Gasteiger partial charge in [0, 0.05) is 65.7 Å². The van der Waals surface area contributed by atoms with Crippen LogP contribution in [0.1, 0.15) is 404 Å². The molecule has 570 valence electrons. The van der Waals surface area contributed by atoms with Crippen molar-refractivity contribution in [3.8, 4) is 23.0 Å². The van der Waals surface area contributed by atoms with Crippen molar-refractivity contribution >= 4 is 61.4 Å². The normalized spacial score (nSPS) is 13.9. The highest BCUT2D eigenvalue weighted by atomic mass is 79.9. The maximum Gasteiger partial charge on any atom is 0.208 e. The molecule has 3 aromatic rings. The average molecular weight is 1520 g/mol. The molecule has 2 heterocycles. The van der Waals surface area contributed by atoms with Gasteiger partial charge in [0.1, 0.15) is 29.5 Å². The van der Waals surface area contributed by atoms with Gasteiger partial charge in [-0.3, -0.25) is 0 Å². The highest BCUT2D eigenvalue weighted by Crippen LogP contribution is 2.43. The summed E-state index contributed by atoms with van der Waals surface area (Å²) in [4.78, 5) is 0. The van der Waals surface area contributed by atoms with Crippen LogP contribution in [0.15, 0.2) is 80.6 Å². The van der Waals surface area contributed by atoms with Crippen molar-refractivity contribution in [3.63, 3.8) is 0 Å². The van der Waals surface area contributed by atoms with Gasteiger partial charge in [0.2, 0.25) is 11.4 Å². The van der Waals surface area contributed by atoms with E-state index in [-0.39, 0.29) is 5.76 Å². The summed E-state index contributed by atoms with van der Waals surface area (Å²) in [5.41, 5.74) is 8.27. The van der Waals surface area contributed by atoms with Gasteiger partial charge in [0.25, 0.3) is 0 Å². The quantitative estimate of drug-likeness (QED) is 0.0416. The molecule has 2 aliphatic rings. The Balaban J connectivity index is 1.45. The standard InChI is InChI=1S/C92H148Br2N2O5/c1-7-13-19-25-31-33-35-37-39-41-43-45-47-53-67-95-80(61-59-78-73-90(100-71-57-51-29-23-17-11-5)84(93)76-88(78)98-69-55-49-27-21-15-9-3)63-65-86(95)82-75-83(92(82)97)87-66-64-81(96(87)68-54-48-46-44-42-40-38-36-34-32-26-20-14-8-2)62-60-79-74-91(101-72-58-52-30-24-18-12-6)85(94)77-89(79)99-70-56-50-28-22-16-10-4/h59-66,73-74,76-77H,7-58,67-72,75H2,1-6H3/b61-59+,62-60+. The van der Waals surface area contributed by atoms with Crippen LogP contribution in [0.5, 0.6) is 23.0 Å². The maximum absolute atomic E-state index is 15.2. The molecule has 5 rings (SSSR count). The van der Waals surface area contributed by atoms with E-state index in [2.05, 4.69) is 155 Å². The zero-order chi connectivity index (χ0) is 71.8. The van der Waals surface area contributed by atoms with Gasteiger partial charge >= 0.3 is 0 Å². The zero-order valence-corrected chi connectivity index (χ0v) is 69.0. The molecule has 9 heteroatoms. The number of nitrogens with zero attached hydrogens (tertiary/aromatic N) is 2. The van der Waals surface area contributed by atoms with E-state index in [1.54, 1.807) is 0 Å². The van der Waals surface area contributed by atoms with E-state index < -0.39 is 0 Å². The van der Waals surface area contributed by atoms with E-state index in [1.807, 2.05) is 0 Å². The van der Waals surface area contributed by atoms with Crippen LogP contribution < -0.4 is 24.1 Å². The molecule has 0 N–H and O–H groups in total. The first-order chi connectivity index (χ1) is 49.8. The molecule has 2 aromatic carbocycles. The Morgan fingerprint density at radius 3 is 1.05 bits per heavy atom. The monoisotopic (exact) mass is 1520 g/mol. The first-order valence-corrected chi connectivity index (χ1v) is 44.6. The molecule has 0 saturated carbocycles. The first kappa shape index (κ1) is 87.7. The van der Waals surface area contributed by atoms with Gasteiger partial charge in [-0.15, -0.1) is 0 Å². The lowest BCUT2D eigenvalue weighted by molar-refractivity contribution is -0.470. The fourth-order valence-corrected chi connectivity index (χ4v) is 15.4. The van der Waals surface area contributed by atoms with Crippen LogP contribution >= 0.6 is 31.9 Å². The predicted octanol–water partition coefficient (Wildman–Crippen LogP) is 29.6. The molecule has 1 aliphatic heterocycles. The Labute approximate surface area is 637 Å². The zero-order valence-electron chi connectivity index (χ0n) is 65.8. The number of hydrogen-bond acceptors (Lipinski definition) is 5. The number of halogens is 2. The molecular formula is C92H148Br2N2O5. The number of unbranched alkanes of at least 4 members (excludes halogenated alkanes) is 46. The second kappa shape index (κ2) is 58.3. The fraction of sp³-hybridized carbons (Fsp3) is 0.707. The van der Waals surface area contributed by atoms with Crippen LogP contribution in [0.2, 0.25) is 0 Å². The van der Waals surface area contributed by atoms with Crippen LogP contribution in [0.25, 0.3) is 23.8 Å². The first-order valence-electron chi connectivity index (χ1n) is 43.0. The van der Waals surface area contributed by atoms with E-state index >= 15 is 5.11 Å². The molecule has 1 aliphatic carbocycles. The molecule has 7 nitrogen and oxygen atoms in total. The number of benzene rings is 2. The van der Waals surface area contributed by atoms with Gasteiger partial charge in [-0.1, -0.05) is 336 Å². The Morgan fingerprint density at radius 2 is 0.683 bits per heavy atom. The minimum atomic E-state index is 0.188. The molecule has 0 bridgehead atoms. The number of rotatable bonds is 67. The van der Waals surface area contributed by atoms with E-state index in [4.69, 9.17) is 18.9 Å². The molecule has 0 unspecified atom stereocenters. The Bertz CT molecular complexity index is 2820. The Morgan fingerprint density at radius 1 is 0.356 bits per heavy atom. The molecule has 0 amide bonds. The summed E-state index contributed by atoms with van der Waals surface area (Å²) in [5, 5.41) is 15.2. The highest BCUT2D eigenvalue weighted by molar-refractivity contribution is 9.11. The van der Waals surface area contributed by atoms with Crippen LogP contribution in [-0.2, 0) is 6.54 Å². The largest absolute Gasteiger partial charge is 0.872 e. The van der Waals surface area contributed by atoms with E-state index in [1.165, 1.54) is 295 Å². The average Bonchev–Trinajstić information content (AvgIpc) is 1.68. The molecular weight excluding hydrogens is 1370 g/mol. The van der Waals surface area contributed by atoms with Gasteiger partial charge in [-0.25, -0.2) is 0 Å². The van der Waals surface area contributed by atoms with Gasteiger partial charge in [0.05, 0.1) is 35.4 Å². The number of ether oxygens (including phenoxy) is 4. The van der Waals surface area contributed by atoms with Crippen molar-refractivity contribution in [2.45, 2.75) is 388 Å². The van der Waals surface area contributed by atoms with Gasteiger partial charge < -0.3 is 28.6 Å². The van der Waals surface area contributed by atoms with Crippen LogP contribution in [0, 0.1) is 0 Å². The molecule has 0 fully saturated rings. The molecule has 0 radical (unpaired) electrons. The number of allylic oxidation sites excluding steroid dienone is 5. The van der Waals surface area contributed by atoms with Crippen LogP contribution in [0.4, 0.5) is 0 Å². The summed E-state index contributed by atoms with van der Waals surface area (Å²) in [6.07, 6.45) is 80.6. The highest BCUT2D eigenvalue weighted by Gasteiger charge is 2.32. The number of hydrogen-bond donors (Lipinski definition) is 0. The smallest absolute Gasteiger partial charge is 0.208 e. The maximum atomic E-state index is 15.2. The second-order valence-corrected chi connectivity index (χ2v) is 31.7. The van der Waals surface area contributed by atoms with Gasteiger partial charge in [-0.2, -0.15) is 4.58 Å². The predicted molar refractivity (Wildman–Crippen MR) is 445 cm³/mol. The lowest BCUT2D eigenvalue weighted by atomic mass is 9.86. The van der Waals surface area contributed by atoms with Crippen molar-refractivity contribution in [2.75, 3.05) is 33.0 Å². The minimum Gasteiger partial charge on any atom is -0.872 e.